The summed E-state index contributed by atoms with van der Waals surface area (Å²) in [7, 11) is 1.37. The van der Waals surface area contributed by atoms with Crippen LogP contribution in [0.4, 0.5) is 24.7 Å². The average molecular weight is 530 g/mol. The Hall–Kier alpha value is -4.39. The van der Waals surface area contributed by atoms with Crippen LogP contribution in [0, 0.1) is 0 Å². The van der Waals surface area contributed by atoms with Crippen LogP contribution in [0.25, 0.3) is 11.3 Å². The molecule has 190 valence electrons. The number of esters is 1. The number of halogens is 3. The fourth-order valence-electron chi connectivity index (χ4n) is 3.28. The second-order valence-electron chi connectivity index (χ2n) is 7.57. The van der Waals surface area contributed by atoms with E-state index in [1.807, 2.05) is 29.2 Å². The quantitative estimate of drug-likeness (QED) is 0.309. The monoisotopic (exact) mass is 529 g/mol. The summed E-state index contributed by atoms with van der Waals surface area (Å²) in [5.74, 6) is -2.32. The molecule has 0 radical (unpaired) electrons. The van der Waals surface area contributed by atoms with Crippen LogP contribution in [0.3, 0.4) is 0 Å². The van der Waals surface area contributed by atoms with Crippen molar-refractivity contribution in [1.82, 2.24) is 19.5 Å². The molecule has 2 aromatic carbocycles. The van der Waals surface area contributed by atoms with Gasteiger partial charge in [-0.15, -0.1) is 0 Å². The van der Waals surface area contributed by atoms with E-state index in [-0.39, 0.29) is 5.97 Å². The number of alkyl halides is 3. The number of imidazole rings is 1. The predicted molar refractivity (Wildman–Crippen MR) is 128 cm³/mol. The Bertz CT molecular complexity index is 1440. The van der Waals surface area contributed by atoms with Crippen molar-refractivity contribution in [3.05, 3.63) is 78.5 Å². The topological polar surface area (TPSA) is 119 Å². The summed E-state index contributed by atoms with van der Waals surface area (Å²) in [6, 6.07) is 13.6. The number of methoxy groups -OCH3 is 1. The Balaban J connectivity index is 0.000000405. The van der Waals surface area contributed by atoms with Gasteiger partial charge in [0.2, 0.25) is 0 Å². The number of carbonyl (C=O) groups excluding carboxylic acids is 1. The first-order chi connectivity index (χ1) is 17.6. The number of aromatic nitrogens is 4. The van der Waals surface area contributed by atoms with Crippen LogP contribution in [0.15, 0.2) is 77.3 Å². The van der Waals surface area contributed by atoms with Gasteiger partial charge in [0, 0.05) is 35.6 Å². The number of hydrogen-bond donors (Lipinski definition) is 2. The highest BCUT2D eigenvalue weighted by Gasteiger charge is 2.38. The number of carboxylic acids is 1. The van der Waals surface area contributed by atoms with Gasteiger partial charge in [-0.25, -0.2) is 24.5 Å². The molecule has 0 spiro atoms. The van der Waals surface area contributed by atoms with Crippen LogP contribution in [0.5, 0.6) is 0 Å². The Labute approximate surface area is 212 Å². The largest absolute Gasteiger partial charge is 0.490 e. The average Bonchev–Trinajstić information content (AvgIpc) is 3.35. The minimum atomic E-state index is -5.08. The zero-order valence-electron chi connectivity index (χ0n) is 19.1. The molecule has 2 aromatic heterocycles. The van der Waals surface area contributed by atoms with Crippen molar-refractivity contribution in [3.63, 3.8) is 0 Å². The predicted octanol–water partition coefficient (Wildman–Crippen LogP) is 5.02. The van der Waals surface area contributed by atoms with Crippen molar-refractivity contribution in [1.29, 1.82) is 0 Å². The maximum Gasteiger partial charge on any atom is 0.490 e. The van der Waals surface area contributed by atoms with E-state index >= 15 is 0 Å². The fraction of sp³-hybridized carbons (Fsp3) is 0.125. The summed E-state index contributed by atoms with van der Waals surface area (Å²) >= 11 is 1.62. The third-order valence-corrected chi connectivity index (χ3v) is 6.08. The van der Waals surface area contributed by atoms with Crippen LogP contribution in [0.1, 0.15) is 15.9 Å². The highest BCUT2D eigenvalue weighted by molar-refractivity contribution is 7.99. The van der Waals surface area contributed by atoms with Gasteiger partial charge in [0.1, 0.15) is 5.03 Å². The van der Waals surface area contributed by atoms with Gasteiger partial charge in [-0.1, -0.05) is 30.0 Å². The van der Waals surface area contributed by atoms with Gasteiger partial charge in [-0.2, -0.15) is 13.2 Å². The van der Waals surface area contributed by atoms with Crippen molar-refractivity contribution < 1.29 is 32.6 Å². The first kappa shape index (κ1) is 25.7. The molecule has 0 amide bonds. The number of nitrogens with one attached hydrogen (secondary N) is 1. The summed E-state index contributed by atoms with van der Waals surface area (Å²) < 4.78 is 38.5. The number of nitrogens with zero attached hydrogens (tertiary/aromatic N) is 4. The maximum atomic E-state index is 11.6. The van der Waals surface area contributed by atoms with Crippen LogP contribution >= 0.6 is 11.8 Å². The summed E-state index contributed by atoms with van der Waals surface area (Å²) in [6.07, 6.45) is 2.11. The standard InChI is InChI=1S/C22H17N5O2S.C2HF3O2/c1-29-22(28)16-5-3-15(4-6-16)18-12-27(13-25-18)11-14-2-7-19-17(10-14)26-20-21(30-19)24-9-8-23-20;3-2(4,5)1(6)7/h2-10,12-13H,11H2,1H3,(H,23,26);(H,6,7). The lowest BCUT2D eigenvalue weighted by Gasteiger charge is -2.19. The highest BCUT2D eigenvalue weighted by Crippen LogP contribution is 2.42. The van der Waals surface area contributed by atoms with E-state index in [0.717, 1.165) is 38.2 Å². The third kappa shape index (κ3) is 6.25. The maximum absolute atomic E-state index is 11.6. The minimum absolute atomic E-state index is 0.347. The smallest absolute Gasteiger partial charge is 0.475 e. The number of benzene rings is 2. The molecule has 0 atom stereocenters. The molecular formula is C24H18F3N5O4S. The third-order valence-electron chi connectivity index (χ3n) is 5.01. The summed E-state index contributed by atoms with van der Waals surface area (Å²) in [5, 5.41) is 11.4. The van der Waals surface area contributed by atoms with Crippen LogP contribution < -0.4 is 5.32 Å². The second-order valence-corrected chi connectivity index (χ2v) is 8.60. The first-order valence-electron chi connectivity index (χ1n) is 10.5. The van der Waals surface area contributed by atoms with Crippen molar-refractivity contribution in [2.24, 2.45) is 0 Å². The zero-order valence-corrected chi connectivity index (χ0v) is 19.9. The van der Waals surface area contributed by atoms with E-state index in [4.69, 9.17) is 14.6 Å². The van der Waals surface area contributed by atoms with Crippen molar-refractivity contribution in [2.45, 2.75) is 22.6 Å². The number of hydrogen-bond acceptors (Lipinski definition) is 8. The van der Waals surface area contributed by atoms with Gasteiger partial charge >= 0.3 is 18.1 Å². The number of fused-ring (bicyclic) bond motifs is 2. The Morgan fingerprint density at radius 2 is 1.78 bits per heavy atom. The lowest BCUT2D eigenvalue weighted by Crippen LogP contribution is -2.21. The van der Waals surface area contributed by atoms with E-state index < -0.39 is 12.1 Å². The molecule has 0 fully saturated rings. The molecule has 5 rings (SSSR count). The van der Waals surface area contributed by atoms with E-state index in [1.165, 1.54) is 7.11 Å². The molecule has 0 saturated carbocycles. The number of ether oxygens (including phenoxy) is 1. The molecule has 13 heteroatoms. The molecule has 0 unspecified atom stereocenters. The van der Waals surface area contributed by atoms with E-state index in [9.17, 15) is 18.0 Å². The van der Waals surface area contributed by atoms with Crippen LogP contribution in [-0.4, -0.2) is 49.9 Å². The molecule has 0 saturated heterocycles. The van der Waals surface area contributed by atoms with Gasteiger partial charge in [0.05, 0.1) is 30.4 Å². The highest BCUT2D eigenvalue weighted by atomic mass is 32.2. The number of rotatable bonds is 4. The molecule has 1 aliphatic rings. The van der Waals surface area contributed by atoms with Crippen molar-refractivity contribution in [3.8, 4) is 11.3 Å². The van der Waals surface area contributed by atoms with E-state index in [2.05, 4.69) is 38.5 Å². The lowest BCUT2D eigenvalue weighted by molar-refractivity contribution is -0.192. The Morgan fingerprint density at radius 1 is 1.08 bits per heavy atom. The summed E-state index contributed by atoms with van der Waals surface area (Å²) in [6.45, 7) is 0.695. The number of anilines is 2. The van der Waals surface area contributed by atoms with E-state index in [1.54, 1.807) is 36.3 Å². The molecule has 3 heterocycles. The summed E-state index contributed by atoms with van der Waals surface area (Å²) in [5.41, 5.74) is 4.50. The zero-order chi connectivity index (χ0) is 26.6. The molecular weight excluding hydrogens is 511 g/mol. The molecule has 9 nitrogen and oxygen atoms in total. The SMILES string of the molecule is COC(=O)c1ccc(-c2cn(Cc3ccc4c(c3)Nc3nccnc3S4)cn2)cc1.O=C(O)C(F)(F)F. The first-order valence-corrected chi connectivity index (χ1v) is 11.3. The number of aliphatic carboxylic acids is 1. The number of carboxylic acid groups (broad SMARTS) is 1. The molecule has 4 aromatic rings. The molecule has 1 aliphatic heterocycles. The normalized spacial score (nSPS) is 11.8. The van der Waals surface area contributed by atoms with Crippen LogP contribution in [0.2, 0.25) is 0 Å². The summed E-state index contributed by atoms with van der Waals surface area (Å²) in [4.78, 5) is 34.8. The van der Waals surface area contributed by atoms with Crippen LogP contribution in [-0.2, 0) is 16.1 Å². The molecule has 0 bridgehead atoms. The van der Waals surface area contributed by atoms with Gasteiger partial charge in [0.15, 0.2) is 5.82 Å². The molecule has 0 aliphatic carbocycles. The Morgan fingerprint density at radius 3 is 2.46 bits per heavy atom. The van der Waals surface area contributed by atoms with E-state index in [0.29, 0.717) is 12.1 Å². The van der Waals surface area contributed by atoms with Gasteiger partial charge < -0.3 is 19.7 Å². The minimum Gasteiger partial charge on any atom is -0.475 e. The van der Waals surface area contributed by atoms with Gasteiger partial charge in [-0.3, -0.25) is 0 Å². The van der Waals surface area contributed by atoms with Crippen molar-refractivity contribution >= 4 is 35.2 Å². The van der Waals surface area contributed by atoms with Gasteiger partial charge in [0.25, 0.3) is 0 Å². The van der Waals surface area contributed by atoms with Crippen molar-refractivity contribution in [2.75, 3.05) is 12.4 Å². The lowest BCUT2D eigenvalue weighted by atomic mass is 10.1. The fourth-order valence-corrected chi connectivity index (χ4v) is 4.16. The number of carbonyl (C=O) groups is 2. The second kappa shape index (κ2) is 10.7. The Kier molecular flexibility index (Phi) is 7.43. The molecule has 2 N–H and O–H groups in total. The van der Waals surface area contributed by atoms with Gasteiger partial charge in [-0.05, 0) is 29.8 Å². The molecule has 37 heavy (non-hydrogen) atoms.